The Balaban J connectivity index is 1.57. The molecule has 7 nitrogen and oxygen atoms in total. The van der Waals surface area contributed by atoms with E-state index in [1.165, 1.54) is 0 Å². The van der Waals surface area contributed by atoms with Gasteiger partial charge in [0, 0.05) is 37.9 Å². The Hall–Kier alpha value is -3.09. The van der Waals surface area contributed by atoms with Crippen molar-refractivity contribution in [2.24, 2.45) is 16.5 Å². The summed E-state index contributed by atoms with van der Waals surface area (Å²) in [6.45, 7) is 3.72. The Morgan fingerprint density at radius 1 is 1.08 bits per heavy atom. The van der Waals surface area contributed by atoms with Gasteiger partial charge >= 0.3 is 0 Å². The second kappa shape index (κ2) is 7.65. The summed E-state index contributed by atoms with van der Waals surface area (Å²) in [6.07, 6.45) is 1.80. The highest BCUT2D eigenvalue weighted by Crippen LogP contribution is 2.12. The van der Waals surface area contributed by atoms with E-state index in [1.807, 2.05) is 24.3 Å². The molecule has 0 atom stereocenters. The standard InChI is InChI=1S/C18H22N6O/c19-17(25)15-5-3-4-14(12-15)13-22-18(20)24-10-8-23(9-11-24)16-6-1-2-7-21-16/h1-7,12H,8-11,13H2,(H2,19,25)(H2,20,22). The Labute approximate surface area is 147 Å². The van der Waals surface area contributed by atoms with Crippen molar-refractivity contribution in [1.29, 1.82) is 0 Å². The van der Waals surface area contributed by atoms with Gasteiger partial charge in [0.1, 0.15) is 5.82 Å². The molecule has 1 aromatic carbocycles. The van der Waals surface area contributed by atoms with Crippen molar-refractivity contribution < 1.29 is 4.79 Å². The first-order chi connectivity index (χ1) is 12.1. The highest BCUT2D eigenvalue weighted by Gasteiger charge is 2.18. The number of piperazine rings is 1. The average Bonchev–Trinajstić information content (AvgIpc) is 2.67. The molecule has 3 rings (SSSR count). The minimum atomic E-state index is -0.440. The minimum Gasteiger partial charge on any atom is -0.370 e. The fraction of sp³-hybridized carbons (Fsp3) is 0.278. The van der Waals surface area contributed by atoms with Gasteiger partial charge in [0.2, 0.25) is 5.91 Å². The van der Waals surface area contributed by atoms with Crippen LogP contribution in [0.1, 0.15) is 15.9 Å². The lowest BCUT2D eigenvalue weighted by Gasteiger charge is -2.35. The van der Waals surface area contributed by atoms with Crippen LogP contribution in [0, 0.1) is 0 Å². The zero-order valence-electron chi connectivity index (χ0n) is 14.0. The Kier molecular flexibility index (Phi) is 5.13. The summed E-state index contributed by atoms with van der Waals surface area (Å²) >= 11 is 0. The van der Waals surface area contributed by atoms with Crippen molar-refractivity contribution in [3.63, 3.8) is 0 Å². The number of amides is 1. The summed E-state index contributed by atoms with van der Waals surface area (Å²) in [4.78, 5) is 24.4. The zero-order valence-corrected chi connectivity index (χ0v) is 14.0. The first kappa shape index (κ1) is 16.8. The van der Waals surface area contributed by atoms with E-state index in [4.69, 9.17) is 11.5 Å². The van der Waals surface area contributed by atoms with Crippen molar-refractivity contribution in [3.05, 3.63) is 59.8 Å². The molecule has 1 aromatic heterocycles. The van der Waals surface area contributed by atoms with E-state index in [0.29, 0.717) is 18.1 Å². The number of aromatic nitrogens is 1. The van der Waals surface area contributed by atoms with Crippen molar-refractivity contribution in [2.75, 3.05) is 31.1 Å². The van der Waals surface area contributed by atoms with Crippen LogP contribution in [0.4, 0.5) is 5.82 Å². The third kappa shape index (κ3) is 4.26. The number of carbonyl (C=O) groups excluding carboxylic acids is 1. The van der Waals surface area contributed by atoms with Crippen LogP contribution in [0.25, 0.3) is 0 Å². The molecule has 0 radical (unpaired) electrons. The van der Waals surface area contributed by atoms with Crippen LogP contribution in [-0.4, -0.2) is 47.9 Å². The summed E-state index contributed by atoms with van der Waals surface area (Å²) < 4.78 is 0. The molecule has 4 N–H and O–H groups in total. The number of benzene rings is 1. The van der Waals surface area contributed by atoms with E-state index in [-0.39, 0.29) is 0 Å². The smallest absolute Gasteiger partial charge is 0.248 e. The molecule has 1 aliphatic heterocycles. The van der Waals surface area contributed by atoms with Gasteiger partial charge in [0.25, 0.3) is 0 Å². The number of carbonyl (C=O) groups is 1. The number of hydrogen-bond donors (Lipinski definition) is 2. The quantitative estimate of drug-likeness (QED) is 0.635. The van der Waals surface area contributed by atoms with Gasteiger partial charge in [-0.15, -0.1) is 0 Å². The lowest BCUT2D eigenvalue weighted by molar-refractivity contribution is 0.1000. The highest BCUT2D eigenvalue weighted by molar-refractivity contribution is 5.92. The summed E-state index contributed by atoms with van der Waals surface area (Å²) in [7, 11) is 0. The monoisotopic (exact) mass is 338 g/mol. The number of pyridine rings is 1. The van der Waals surface area contributed by atoms with Crippen molar-refractivity contribution >= 4 is 17.7 Å². The van der Waals surface area contributed by atoms with Crippen molar-refractivity contribution in [1.82, 2.24) is 9.88 Å². The predicted octanol–water partition coefficient (Wildman–Crippen LogP) is 0.817. The maximum Gasteiger partial charge on any atom is 0.248 e. The second-order valence-electron chi connectivity index (χ2n) is 5.90. The number of primary amides is 1. The minimum absolute atomic E-state index is 0.424. The Morgan fingerprint density at radius 2 is 1.88 bits per heavy atom. The van der Waals surface area contributed by atoms with E-state index >= 15 is 0 Å². The molecule has 0 bridgehead atoms. The van der Waals surface area contributed by atoms with Crippen LogP contribution in [0.5, 0.6) is 0 Å². The summed E-state index contributed by atoms with van der Waals surface area (Å²) in [5.74, 6) is 1.07. The summed E-state index contributed by atoms with van der Waals surface area (Å²) in [6, 6.07) is 13.1. The molecule has 1 fully saturated rings. The number of guanidine groups is 1. The number of nitrogens with two attached hydrogens (primary N) is 2. The van der Waals surface area contributed by atoms with Gasteiger partial charge in [-0.05, 0) is 29.8 Å². The zero-order chi connectivity index (χ0) is 17.6. The van der Waals surface area contributed by atoms with Gasteiger partial charge in [0.15, 0.2) is 5.96 Å². The van der Waals surface area contributed by atoms with E-state index in [2.05, 4.69) is 19.8 Å². The largest absolute Gasteiger partial charge is 0.370 e. The lowest BCUT2D eigenvalue weighted by Crippen LogP contribution is -2.51. The molecule has 7 heteroatoms. The molecular formula is C18H22N6O. The molecule has 0 unspecified atom stereocenters. The maximum atomic E-state index is 11.2. The lowest BCUT2D eigenvalue weighted by atomic mass is 10.1. The summed E-state index contributed by atoms with van der Waals surface area (Å²) in [5.41, 5.74) is 12.8. The SMILES string of the molecule is NC(=O)c1cccc(CN=C(N)N2CCN(c3ccccn3)CC2)c1. The number of anilines is 1. The average molecular weight is 338 g/mol. The Morgan fingerprint density at radius 3 is 2.56 bits per heavy atom. The van der Waals surface area contributed by atoms with Crippen molar-refractivity contribution in [2.45, 2.75) is 6.54 Å². The molecule has 0 saturated carbocycles. The van der Waals surface area contributed by atoms with E-state index < -0.39 is 5.91 Å². The molecule has 25 heavy (non-hydrogen) atoms. The van der Waals surface area contributed by atoms with Gasteiger partial charge in [-0.2, -0.15) is 0 Å². The fourth-order valence-corrected chi connectivity index (χ4v) is 2.80. The van der Waals surface area contributed by atoms with Crippen LogP contribution in [0.2, 0.25) is 0 Å². The first-order valence-electron chi connectivity index (χ1n) is 8.23. The van der Waals surface area contributed by atoms with Crippen molar-refractivity contribution in [3.8, 4) is 0 Å². The Bertz CT molecular complexity index is 753. The van der Waals surface area contributed by atoms with E-state index in [1.54, 1.807) is 24.4 Å². The molecule has 1 saturated heterocycles. The summed E-state index contributed by atoms with van der Waals surface area (Å²) in [5, 5.41) is 0. The molecule has 0 spiro atoms. The first-order valence-corrected chi connectivity index (χ1v) is 8.23. The number of hydrogen-bond acceptors (Lipinski definition) is 4. The van der Waals surface area contributed by atoms with Gasteiger partial charge in [-0.25, -0.2) is 9.98 Å². The second-order valence-corrected chi connectivity index (χ2v) is 5.90. The van der Waals surface area contributed by atoms with Crippen LogP contribution < -0.4 is 16.4 Å². The van der Waals surface area contributed by atoms with Gasteiger partial charge < -0.3 is 21.3 Å². The van der Waals surface area contributed by atoms with Gasteiger partial charge in [-0.1, -0.05) is 18.2 Å². The van der Waals surface area contributed by atoms with Crippen LogP contribution in [-0.2, 0) is 6.54 Å². The van der Waals surface area contributed by atoms with E-state index in [0.717, 1.165) is 37.6 Å². The third-order valence-electron chi connectivity index (χ3n) is 4.21. The van der Waals surface area contributed by atoms with E-state index in [9.17, 15) is 4.79 Å². The van der Waals surface area contributed by atoms with Gasteiger partial charge in [0.05, 0.1) is 6.54 Å². The van der Waals surface area contributed by atoms with Crippen LogP contribution >= 0.6 is 0 Å². The van der Waals surface area contributed by atoms with Crippen LogP contribution in [0.15, 0.2) is 53.7 Å². The fourth-order valence-electron chi connectivity index (χ4n) is 2.80. The predicted molar refractivity (Wildman–Crippen MR) is 98.3 cm³/mol. The molecule has 2 aromatic rings. The third-order valence-corrected chi connectivity index (χ3v) is 4.21. The normalized spacial score (nSPS) is 15.3. The number of rotatable bonds is 4. The number of aliphatic imine (C=N–C) groups is 1. The number of nitrogens with zero attached hydrogens (tertiary/aromatic N) is 4. The topological polar surface area (TPSA) is 101 Å². The van der Waals surface area contributed by atoms with Crippen LogP contribution in [0.3, 0.4) is 0 Å². The molecule has 2 heterocycles. The molecule has 0 aliphatic carbocycles. The molecule has 1 aliphatic rings. The highest BCUT2D eigenvalue weighted by atomic mass is 16.1. The van der Waals surface area contributed by atoms with Gasteiger partial charge in [-0.3, -0.25) is 4.79 Å². The molecular weight excluding hydrogens is 316 g/mol. The maximum absolute atomic E-state index is 11.2. The molecule has 1 amide bonds. The molecule has 130 valence electrons.